The summed E-state index contributed by atoms with van der Waals surface area (Å²) in [6, 6.07) is 25.3. The molecule has 1 N–H and O–H groups in total. The van der Waals surface area contributed by atoms with E-state index in [0.29, 0.717) is 5.92 Å². The van der Waals surface area contributed by atoms with E-state index in [4.69, 9.17) is 9.40 Å². The van der Waals surface area contributed by atoms with Crippen molar-refractivity contribution in [3.63, 3.8) is 0 Å². The van der Waals surface area contributed by atoms with Crippen LogP contribution in [0.5, 0.6) is 0 Å². The maximum atomic E-state index is 12.2. The Bertz CT molecular complexity index is 2290. The molecule has 0 aliphatic heterocycles. The van der Waals surface area contributed by atoms with Gasteiger partial charge in [-0.05, 0) is 91.6 Å². The van der Waals surface area contributed by atoms with Gasteiger partial charge >= 0.3 is 0 Å². The van der Waals surface area contributed by atoms with Crippen LogP contribution in [0.3, 0.4) is 0 Å². The summed E-state index contributed by atoms with van der Waals surface area (Å²) in [5.41, 5.74) is 5.88. The van der Waals surface area contributed by atoms with Crippen molar-refractivity contribution in [1.29, 1.82) is 0 Å². The maximum absolute atomic E-state index is 12.2. The monoisotopic (exact) mass is 935 g/mol. The summed E-state index contributed by atoms with van der Waals surface area (Å²) in [5, 5.41) is 14.9. The van der Waals surface area contributed by atoms with Crippen LogP contribution in [0.25, 0.3) is 54.4 Å². The van der Waals surface area contributed by atoms with Crippen LogP contribution in [0, 0.1) is 29.7 Å². The van der Waals surface area contributed by atoms with Crippen molar-refractivity contribution in [1.82, 2.24) is 4.98 Å². The number of hydrogen-bond acceptors (Lipinski definition) is 5. The van der Waals surface area contributed by atoms with Gasteiger partial charge in [0, 0.05) is 69.4 Å². The molecule has 0 atom stereocenters. The maximum Gasteiger partial charge on any atom is 0.164 e. The number of aliphatic hydroxyl groups is 1. The number of allylic oxidation sites excluding steroid dienone is 2. The van der Waals surface area contributed by atoms with Crippen molar-refractivity contribution in [2.24, 2.45) is 16.7 Å². The van der Waals surface area contributed by atoms with E-state index in [2.05, 4.69) is 102 Å². The largest absolute Gasteiger partial charge is 0.512 e. The van der Waals surface area contributed by atoms with Crippen LogP contribution in [0.2, 0.25) is 0 Å². The van der Waals surface area contributed by atoms with Crippen molar-refractivity contribution in [2.45, 2.75) is 121 Å². The van der Waals surface area contributed by atoms with E-state index in [1.165, 1.54) is 37.6 Å². The number of rotatable bonds is 11. The molecule has 0 fully saturated rings. The van der Waals surface area contributed by atoms with Crippen molar-refractivity contribution >= 4 is 48.9 Å². The van der Waals surface area contributed by atoms with Gasteiger partial charge in [0.2, 0.25) is 0 Å². The van der Waals surface area contributed by atoms with E-state index in [9.17, 15) is 9.90 Å². The second kappa shape index (κ2) is 17.7. The molecule has 55 heavy (non-hydrogen) atoms. The Labute approximate surface area is 347 Å². The summed E-state index contributed by atoms with van der Waals surface area (Å²) in [7, 11) is 0. The van der Waals surface area contributed by atoms with Crippen LogP contribution < -0.4 is 0 Å². The summed E-state index contributed by atoms with van der Waals surface area (Å²) >= 11 is 1.89. The molecule has 0 aliphatic rings. The Kier molecular flexibility index (Phi) is 14.2. The normalized spacial score (nSPS) is 12.6. The average Bonchev–Trinajstić information content (AvgIpc) is 3.73. The van der Waals surface area contributed by atoms with E-state index in [1.54, 1.807) is 0 Å². The summed E-state index contributed by atoms with van der Waals surface area (Å²) in [6.45, 7) is 25.7. The zero-order valence-electron chi connectivity index (χ0n) is 35.0. The molecule has 3 aromatic heterocycles. The molecule has 295 valence electrons. The molecule has 3 aromatic carbocycles. The van der Waals surface area contributed by atoms with Gasteiger partial charge in [-0.25, -0.2) is 0 Å². The Morgan fingerprint density at radius 1 is 0.891 bits per heavy atom. The van der Waals surface area contributed by atoms with Gasteiger partial charge in [-0.15, -0.1) is 40.5 Å². The van der Waals surface area contributed by atoms with Crippen LogP contribution in [-0.4, -0.2) is 15.9 Å². The first-order valence-corrected chi connectivity index (χ1v) is 20.6. The number of furan rings is 1. The molecule has 3 heterocycles. The molecule has 0 aliphatic carbocycles. The molecule has 1 radical (unpaired) electrons. The smallest absolute Gasteiger partial charge is 0.164 e. The zero-order chi connectivity index (χ0) is 39.6. The van der Waals surface area contributed by atoms with Gasteiger partial charge in [0.15, 0.2) is 5.78 Å². The second-order valence-electron chi connectivity index (χ2n) is 17.0. The SMILES string of the molecule is CCC(C)(CC)C(=O)/C=C(\O)C(C)(CC)CC.Cc1sc2ccc(-c3cc4ccnc(-c5[c-]c6ccccc6c(C(C)(C)C)c5)c4o3)cc2c1CC(C)C.[Ir]. The number of carbonyl (C=O) groups is 1. The van der Waals surface area contributed by atoms with Crippen LogP contribution in [-0.2, 0) is 36.7 Å². The number of pyridine rings is 1. The molecule has 0 bridgehead atoms. The standard InChI is InChI=1S/C34H32NOS.C15H28O2.Ir/c1-20(2)15-27-21(3)37-31-12-11-23(17-28(27)31)30-19-24-13-14-35-32(33(24)36-30)25-16-22-9-7-8-10-26(22)29(18-25)34(4,5)6;1-7-14(5,8-2)12(16)11-13(17)15(6,9-3)10-4;/h7-14,17-20H,15H2,1-6H3;11,16H,7-10H2,1-6H3;/q-1;;/b;12-11-;. The minimum atomic E-state index is -0.337. The second-order valence-corrected chi connectivity index (χ2v) is 18.2. The third-order valence-electron chi connectivity index (χ3n) is 11.8. The van der Waals surface area contributed by atoms with E-state index in [0.717, 1.165) is 71.0 Å². The number of hydrogen-bond donors (Lipinski definition) is 1. The summed E-state index contributed by atoms with van der Waals surface area (Å²) < 4.78 is 7.92. The molecular formula is C49H60IrNO3S-. The fourth-order valence-corrected chi connectivity index (χ4v) is 8.12. The van der Waals surface area contributed by atoms with Gasteiger partial charge in [-0.2, -0.15) is 0 Å². The molecule has 6 aromatic rings. The number of aliphatic hydroxyl groups excluding tert-OH is 1. The first-order chi connectivity index (χ1) is 25.5. The Morgan fingerprint density at radius 3 is 2.16 bits per heavy atom. The first kappa shape index (κ1) is 44.1. The van der Waals surface area contributed by atoms with E-state index >= 15 is 0 Å². The molecule has 6 heteroatoms. The topological polar surface area (TPSA) is 63.3 Å². The minimum absolute atomic E-state index is 0. The molecular weight excluding hydrogens is 875 g/mol. The van der Waals surface area contributed by atoms with Gasteiger partial charge in [0.05, 0.1) is 0 Å². The number of nitrogens with zero attached hydrogens (tertiary/aromatic N) is 1. The first-order valence-electron chi connectivity index (χ1n) is 19.8. The molecule has 0 amide bonds. The van der Waals surface area contributed by atoms with Gasteiger partial charge in [0.25, 0.3) is 0 Å². The Morgan fingerprint density at radius 2 is 1.55 bits per heavy atom. The summed E-state index contributed by atoms with van der Waals surface area (Å²) in [5.74, 6) is 1.78. The molecule has 4 nitrogen and oxygen atoms in total. The minimum Gasteiger partial charge on any atom is -0.512 e. The number of ketones is 1. The number of aryl methyl sites for hydroxylation is 1. The number of fused-ring (bicyclic) bond motifs is 3. The Balaban J connectivity index is 0.000000320. The van der Waals surface area contributed by atoms with E-state index < -0.39 is 0 Å². The fraction of sp³-hybridized carbons (Fsp3) is 0.429. The van der Waals surface area contributed by atoms with Crippen molar-refractivity contribution in [3.8, 4) is 22.6 Å². The van der Waals surface area contributed by atoms with Crippen LogP contribution in [0.4, 0.5) is 0 Å². The van der Waals surface area contributed by atoms with Crippen molar-refractivity contribution < 1.29 is 34.4 Å². The molecule has 0 spiro atoms. The van der Waals surface area contributed by atoms with Crippen LogP contribution in [0.15, 0.2) is 83.1 Å². The average molecular weight is 935 g/mol. The molecule has 6 rings (SSSR count). The van der Waals surface area contributed by atoms with Crippen molar-refractivity contribution in [3.05, 3.63) is 101 Å². The molecule has 0 unspecified atom stereocenters. The summed E-state index contributed by atoms with van der Waals surface area (Å²) in [4.78, 5) is 18.4. The Hall–Kier alpha value is -3.57. The predicted octanol–water partition coefficient (Wildman–Crippen LogP) is 14.8. The number of thiophene rings is 1. The third-order valence-corrected chi connectivity index (χ3v) is 12.9. The number of aromatic nitrogens is 1. The quantitative estimate of drug-likeness (QED) is 0.0799. The predicted molar refractivity (Wildman–Crippen MR) is 232 cm³/mol. The van der Waals surface area contributed by atoms with Gasteiger partial charge in [-0.3, -0.25) is 9.78 Å². The van der Waals surface area contributed by atoms with Crippen LogP contribution >= 0.6 is 11.3 Å². The van der Waals surface area contributed by atoms with Gasteiger partial charge in [-0.1, -0.05) is 105 Å². The van der Waals surface area contributed by atoms with Crippen molar-refractivity contribution in [2.75, 3.05) is 0 Å². The van der Waals surface area contributed by atoms with E-state index in [1.807, 2.05) is 65.1 Å². The van der Waals surface area contributed by atoms with Gasteiger partial charge < -0.3 is 9.52 Å². The number of carbonyl (C=O) groups excluding carboxylic acids is 1. The third kappa shape index (κ3) is 9.36. The summed E-state index contributed by atoms with van der Waals surface area (Å²) in [6.07, 6.45) is 7.73. The van der Waals surface area contributed by atoms with Gasteiger partial charge in [0.1, 0.15) is 17.1 Å². The van der Waals surface area contributed by atoms with E-state index in [-0.39, 0.29) is 47.9 Å². The number of benzene rings is 3. The fourth-order valence-electron chi connectivity index (χ4n) is 7.05. The molecule has 0 saturated carbocycles. The zero-order valence-corrected chi connectivity index (χ0v) is 38.2. The van der Waals surface area contributed by atoms with Crippen LogP contribution in [0.1, 0.15) is 118 Å². The molecule has 0 saturated heterocycles.